The van der Waals surface area contributed by atoms with Crippen LogP contribution < -0.4 is 15.8 Å². The van der Waals surface area contributed by atoms with Crippen LogP contribution in [0.5, 0.6) is 5.75 Å². The quantitative estimate of drug-likeness (QED) is 0.707. The number of benzene rings is 1. The molecule has 2 rings (SSSR count). The smallest absolute Gasteiger partial charge is 0.123 e. The first-order valence-electron chi connectivity index (χ1n) is 5.04. The van der Waals surface area contributed by atoms with Gasteiger partial charge in [-0.05, 0) is 24.1 Å². The molecule has 1 aliphatic heterocycles. The van der Waals surface area contributed by atoms with E-state index in [1.165, 1.54) is 5.56 Å². The predicted molar refractivity (Wildman–Crippen MR) is 57.5 cm³/mol. The number of nitrogens with two attached hydrogens (primary N) is 1. The van der Waals surface area contributed by atoms with Crippen LogP contribution in [0.3, 0.4) is 0 Å². The molecule has 1 aromatic rings. The maximum absolute atomic E-state index is 5.77. The van der Waals surface area contributed by atoms with E-state index in [0.29, 0.717) is 6.10 Å². The standard InChI is InChI=1S/C11H16N2O/c1-2-8-3-9(12)5-10(4-8)14-11-6-13-7-11/h3-5,11,13H,2,6-7,12H2,1H3. The summed E-state index contributed by atoms with van der Waals surface area (Å²) in [6.07, 6.45) is 1.31. The van der Waals surface area contributed by atoms with Crippen molar-refractivity contribution in [1.82, 2.24) is 5.32 Å². The first-order chi connectivity index (χ1) is 6.78. The Hall–Kier alpha value is -1.22. The van der Waals surface area contributed by atoms with E-state index in [0.717, 1.165) is 30.9 Å². The van der Waals surface area contributed by atoms with Crippen molar-refractivity contribution in [3.63, 3.8) is 0 Å². The molecule has 0 unspecified atom stereocenters. The molecule has 0 radical (unpaired) electrons. The van der Waals surface area contributed by atoms with Crippen LogP contribution in [-0.2, 0) is 6.42 Å². The Morgan fingerprint density at radius 2 is 2.21 bits per heavy atom. The van der Waals surface area contributed by atoms with Gasteiger partial charge in [-0.1, -0.05) is 6.92 Å². The summed E-state index contributed by atoms with van der Waals surface area (Å²) < 4.78 is 5.73. The molecule has 76 valence electrons. The highest BCUT2D eigenvalue weighted by Gasteiger charge is 2.18. The molecule has 0 amide bonds. The van der Waals surface area contributed by atoms with Gasteiger partial charge in [0.05, 0.1) is 0 Å². The number of nitrogens with one attached hydrogen (secondary N) is 1. The lowest BCUT2D eigenvalue weighted by Gasteiger charge is -2.28. The molecule has 1 saturated heterocycles. The molecular weight excluding hydrogens is 176 g/mol. The molecule has 0 spiro atoms. The van der Waals surface area contributed by atoms with Crippen molar-refractivity contribution >= 4 is 5.69 Å². The molecule has 3 heteroatoms. The van der Waals surface area contributed by atoms with Crippen LogP contribution in [0.15, 0.2) is 18.2 Å². The van der Waals surface area contributed by atoms with Gasteiger partial charge in [-0.2, -0.15) is 0 Å². The molecule has 0 atom stereocenters. The van der Waals surface area contributed by atoms with Crippen LogP contribution >= 0.6 is 0 Å². The normalized spacial score (nSPS) is 16.4. The lowest BCUT2D eigenvalue weighted by molar-refractivity contribution is 0.142. The molecule has 0 bridgehead atoms. The van der Waals surface area contributed by atoms with Gasteiger partial charge in [0.2, 0.25) is 0 Å². The van der Waals surface area contributed by atoms with Gasteiger partial charge in [0.1, 0.15) is 11.9 Å². The van der Waals surface area contributed by atoms with Crippen LogP contribution in [0.1, 0.15) is 12.5 Å². The zero-order valence-corrected chi connectivity index (χ0v) is 8.42. The monoisotopic (exact) mass is 192 g/mol. The molecule has 1 heterocycles. The van der Waals surface area contributed by atoms with Gasteiger partial charge in [-0.3, -0.25) is 0 Å². The summed E-state index contributed by atoms with van der Waals surface area (Å²) >= 11 is 0. The van der Waals surface area contributed by atoms with Gasteiger partial charge >= 0.3 is 0 Å². The minimum absolute atomic E-state index is 0.321. The van der Waals surface area contributed by atoms with E-state index in [4.69, 9.17) is 10.5 Å². The van der Waals surface area contributed by atoms with Crippen LogP contribution in [0.2, 0.25) is 0 Å². The predicted octanol–water partition coefficient (Wildman–Crippen LogP) is 1.18. The summed E-state index contributed by atoms with van der Waals surface area (Å²) in [5.41, 5.74) is 7.79. The fourth-order valence-electron chi connectivity index (χ4n) is 1.50. The third-order valence-electron chi connectivity index (χ3n) is 2.44. The van der Waals surface area contributed by atoms with E-state index < -0.39 is 0 Å². The second-order valence-electron chi connectivity index (χ2n) is 3.66. The Balaban J connectivity index is 2.11. The summed E-state index contributed by atoms with van der Waals surface area (Å²) in [5.74, 6) is 0.897. The molecule has 1 aliphatic rings. The highest BCUT2D eigenvalue weighted by molar-refractivity contribution is 5.47. The number of ether oxygens (including phenoxy) is 1. The van der Waals surface area contributed by atoms with Crippen molar-refractivity contribution in [1.29, 1.82) is 0 Å². The largest absolute Gasteiger partial charge is 0.488 e. The van der Waals surface area contributed by atoms with E-state index in [9.17, 15) is 0 Å². The van der Waals surface area contributed by atoms with Gasteiger partial charge in [0.15, 0.2) is 0 Å². The Kier molecular flexibility index (Phi) is 2.59. The molecule has 1 fully saturated rings. The van der Waals surface area contributed by atoms with E-state index in [-0.39, 0.29) is 0 Å². The van der Waals surface area contributed by atoms with E-state index in [1.807, 2.05) is 12.1 Å². The fourth-order valence-corrected chi connectivity index (χ4v) is 1.50. The fraction of sp³-hybridized carbons (Fsp3) is 0.455. The minimum atomic E-state index is 0.321. The SMILES string of the molecule is CCc1cc(N)cc(OC2CNC2)c1. The van der Waals surface area contributed by atoms with Crippen LogP contribution in [0.25, 0.3) is 0 Å². The molecule has 14 heavy (non-hydrogen) atoms. The number of hydrogen-bond acceptors (Lipinski definition) is 3. The summed E-state index contributed by atoms with van der Waals surface area (Å²) in [4.78, 5) is 0. The average Bonchev–Trinajstić information content (AvgIpc) is 2.10. The first kappa shape index (κ1) is 9.34. The lowest BCUT2D eigenvalue weighted by Crippen LogP contribution is -2.50. The molecular formula is C11H16N2O. The van der Waals surface area contributed by atoms with Crippen molar-refractivity contribution in [2.24, 2.45) is 0 Å². The Morgan fingerprint density at radius 1 is 1.43 bits per heavy atom. The second-order valence-corrected chi connectivity index (χ2v) is 3.66. The summed E-state index contributed by atoms with van der Waals surface area (Å²) in [7, 11) is 0. The summed E-state index contributed by atoms with van der Waals surface area (Å²) in [5, 5.41) is 3.17. The van der Waals surface area contributed by atoms with Crippen LogP contribution in [-0.4, -0.2) is 19.2 Å². The minimum Gasteiger partial charge on any atom is -0.488 e. The number of aryl methyl sites for hydroxylation is 1. The van der Waals surface area contributed by atoms with Crippen molar-refractivity contribution in [2.75, 3.05) is 18.8 Å². The number of rotatable bonds is 3. The van der Waals surface area contributed by atoms with Crippen molar-refractivity contribution in [3.05, 3.63) is 23.8 Å². The number of anilines is 1. The zero-order chi connectivity index (χ0) is 9.97. The lowest BCUT2D eigenvalue weighted by atomic mass is 10.1. The van der Waals surface area contributed by atoms with Gasteiger partial charge in [-0.15, -0.1) is 0 Å². The van der Waals surface area contributed by atoms with Crippen LogP contribution in [0, 0.1) is 0 Å². The van der Waals surface area contributed by atoms with Crippen molar-refractivity contribution in [2.45, 2.75) is 19.4 Å². The molecule has 1 aromatic carbocycles. The molecule has 3 nitrogen and oxygen atoms in total. The maximum atomic E-state index is 5.77. The molecule has 3 N–H and O–H groups in total. The Labute approximate surface area is 84.3 Å². The van der Waals surface area contributed by atoms with Gasteiger partial charge in [0.25, 0.3) is 0 Å². The molecule has 0 saturated carbocycles. The van der Waals surface area contributed by atoms with Gasteiger partial charge in [-0.25, -0.2) is 0 Å². The molecule has 0 aliphatic carbocycles. The Bertz CT molecular complexity index is 321. The summed E-state index contributed by atoms with van der Waals surface area (Å²) in [6.45, 7) is 4.00. The number of nitrogen functional groups attached to an aromatic ring is 1. The van der Waals surface area contributed by atoms with E-state index in [2.05, 4.69) is 18.3 Å². The third-order valence-corrected chi connectivity index (χ3v) is 2.44. The van der Waals surface area contributed by atoms with Crippen molar-refractivity contribution < 1.29 is 4.74 Å². The average molecular weight is 192 g/mol. The second kappa shape index (κ2) is 3.88. The zero-order valence-electron chi connectivity index (χ0n) is 8.42. The van der Waals surface area contributed by atoms with Crippen LogP contribution in [0.4, 0.5) is 5.69 Å². The number of hydrogen-bond donors (Lipinski definition) is 2. The molecule has 0 aromatic heterocycles. The first-order valence-corrected chi connectivity index (χ1v) is 5.04. The summed E-state index contributed by atoms with van der Waals surface area (Å²) in [6, 6.07) is 5.94. The highest BCUT2D eigenvalue weighted by atomic mass is 16.5. The highest BCUT2D eigenvalue weighted by Crippen LogP contribution is 2.21. The van der Waals surface area contributed by atoms with E-state index >= 15 is 0 Å². The third kappa shape index (κ3) is 1.99. The van der Waals surface area contributed by atoms with Crippen molar-refractivity contribution in [3.8, 4) is 5.75 Å². The maximum Gasteiger partial charge on any atom is 0.123 e. The Morgan fingerprint density at radius 3 is 2.79 bits per heavy atom. The topological polar surface area (TPSA) is 47.3 Å². The van der Waals surface area contributed by atoms with E-state index in [1.54, 1.807) is 0 Å². The van der Waals surface area contributed by atoms with Gasteiger partial charge < -0.3 is 15.8 Å². The van der Waals surface area contributed by atoms with Gasteiger partial charge in [0, 0.05) is 24.8 Å².